The number of aromatic nitrogens is 2. The molecule has 0 aliphatic rings. The number of H-pyrrole nitrogens is 1. The van der Waals surface area contributed by atoms with Gasteiger partial charge in [0.2, 0.25) is 5.91 Å². The Kier molecular flexibility index (Phi) is 5.44. The quantitative estimate of drug-likeness (QED) is 0.401. The van der Waals surface area contributed by atoms with Gasteiger partial charge >= 0.3 is 0 Å². The number of imidazole rings is 1. The number of halogens is 2. The molecule has 0 unspecified atom stereocenters. The first kappa shape index (κ1) is 18.2. The minimum Gasteiger partial charge on any atom is -0.394 e. The lowest BCUT2D eigenvalue weighted by Gasteiger charge is -2.28. The summed E-state index contributed by atoms with van der Waals surface area (Å²) in [6.07, 6.45) is -5.20. The Labute approximate surface area is 134 Å². The minimum atomic E-state index is -1.80. The number of aromatic amines is 1. The van der Waals surface area contributed by atoms with Crippen LogP contribution < -0.4 is 5.32 Å². The van der Waals surface area contributed by atoms with E-state index < -0.39 is 48.5 Å². The highest BCUT2D eigenvalue weighted by Gasteiger charge is 2.34. The van der Waals surface area contributed by atoms with Crippen molar-refractivity contribution in [1.29, 1.82) is 0 Å². The number of hydrogen-bond acceptors (Lipinski definition) is 6. The van der Waals surface area contributed by atoms with Crippen LogP contribution in [0.25, 0.3) is 11.0 Å². The highest BCUT2D eigenvalue weighted by atomic mass is 19.2. The van der Waals surface area contributed by atoms with Gasteiger partial charge in [-0.25, -0.2) is 13.8 Å². The highest BCUT2D eigenvalue weighted by Crippen LogP contribution is 2.23. The van der Waals surface area contributed by atoms with Gasteiger partial charge in [0.05, 0.1) is 17.6 Å². The van der Waals surface area contributed by atoms with Gasteiger partial charge in [-0.3, -0.25) is 4.79 Å². The van der Waals surface area contributed by atoms with Crippen molar-refractivity contribution in [3.8, 4) is 0 Å². The maximum absolute atomic E-state index is 13.3. The van der Waals surface area contributed by atoms with Gasteiger partial charge in [0, 0.05) is 19.1 Å². The fourth-order valence-corrected chi connectivity index (χ4v) is 2.24. The number of carbonyl (C=O) groups excluding carboxylic acids is 1. The lowest BCUT2D eigenvalue weighted by atomic mass is 10.0. The van der Waals surface area contributed by atoms with Crippen molar-refractivity contribution in [1.82, 2.24) is 15.3 Å². The number of aliphatic hydroxyl groups excluding tert-OH is 4. The van der Waals surface area contributed by atoms with Gasteiger partial charge in [0.15, 0.2) is 11.6 Å². The highest BCUT2D eigenvalue weighted by molar-refractivity contribution is 5.76. The summed E-state index contributed by atoms with van der Waals surface area (Å²) >= 11 is 0. The molecule has 10 heteroatoms. The molecule has 132 valence electrons. The molecule has 0 aliphatic carbocycles. The lowest BCUT2D eigenvalue weighted by Crippen LogP contribution is -2.47. The van der Waals surface area contributed by atoms with Crippen LogP contribution in [-0.4, -0.2) is 61.2 Å². The number of nitrogens with one attached hydrogen (secondary N) is 2. The molecular weight excluding hydrogens is 328 g/mol. The second-order valence-electron chi connectivity index (χ2n) is 5.31. The van der Waals surface area contributed by atoms with Gasteiger partial charge in [0.1, 0.15) is 30.2 Å². The molecular formula is C14H17F2N3O5. The maximum Gasteiger partial charge on any atom is 0.217 e. The molecule has 24 heavy (non-hydrogen) atoms. The summed E-state index contributed by atoms with van der Waals surface area (Å²) < 4.78 is 26.5. The second-order valence-corrected chi connectivity index (χ2v) is 5.31. The van der Waals surface area contributed by atoms with Crippen molar-refractivity contribution < 1.29 is 34.0 Å². The molecule has 2 rings (SSSR count). The number of hydrogen-bond donors (Lipinski definition) is 6. The van der Waals surface area contributed by atoms with E-state index in [0.717, 1.165) is 19.1 Å². The van der Waals surface area contributed by atoms with Crippen molar-refractivity contribution in [2.75, 3.05) is 6.61 Å². The van der Waals surface area contributed by atoms with Crippen LogP contribution >= 0.6 is 0 Å². The molecule has 2 aromatic rings. The molecule has 0 saturated heterocycles. The summed E-state index contributed by atoms with van der Waals surface area (Å²) in [5, 5.41) is 40.6. The first-order valence-corrected chi connectivity index (χ1v) is 7.01. The average molecular weight is 345 g/mol. The van der Waals surface area contributed by atoms with E-state index in [1.165, 1.54) is 0 Å². The zero-order chi connectivity index (χ0) is 18.0. The van der Waals surface area contributed by atoms with E-state index in [2.05, 4.69) is 15.3 Å². The molecule has 1 aromatic heterocycles. The molecule has 1 amide bonds. The molecule has 0 spiro atoms. The fourth-order valence-electron chi connectivity index (χ4n) is 2.24. The molecule has 0 bridgehead atoms. The molecule has 0 radical (unpaired) electrons. The van der Waals surface area contributed by atoms with Crippen LogP contribution in [0.4, 0.5) is 8.78 Å². The second kappa shape index (κ2) is 7.18. The number of rotatable bonds is 6. The molecule has 0 fully saturated rings. The van der Waals surface area contributed by atoms with E-state index in [0.29, 0.717) is 0 Å². The van der Waals surface area contributed by atoms with Gasteiger partial charge < -0.3 is 30.7 Å². The summed E-state index contributed by atoms with van der Waals surface area (Å²) in [6, 6.07) is 0.385. The van der Waals surface area contributed by atoms with E-state index in [-0.39, 0.29) is 16.9 Å². The van der Waals surface area contributed by atoms with Crippen molar-refractivity contribution in [2.24, 2.45) is 0 Å². The molecule has 0 saturated carbocycles. The van der Waals surface area contributed by atoms with Crippen LogP contribution in [0.3, 0.4) is 0 Å². The van der Waals surface area contributed by atoms with Crippen molar-refractivity contribution in [3.05, 3.63) is 29.6 Å². The number of amides is 1. The summed E-state index contributed by atoms with van der Waals surface area (Å²) in [6.45, 7) is 0.331. The van der Waals surface area contributed by atoms with E-state index in [1.54, 1.807) is 0 Å². The van der Waals surface area contributed by atoms with E-state index in [1.807, 2.05) is 0 Å². The summed E-state index contributed by atoms with van der Waals surface area (Å²) in [5.41, 5.74) is 0.160. The lowest BCUT2D eigenvalue weighted by molar-refractivity contribution is -0.123. The average Bonchev–Trinajstić information content (AvgIpc) is 2.93. The van der Waals surface area contributed by atoms with Crippen LogP contribution in [0.2, 0.25) is 0 Å². The van der Waals surface area contributed by atoms with Crippen LogP contribution in [0.1, 0.15) is 18.8 Å². The van der Waals surface area contributed by atoms with Crippen LogP contribution in [0, 0.1) is 11.6 Å². The molecule has 0 aliphatic heterocycles. The number of nitrogens with zero attached hydrogens (tertiary/aromatic N) is 1. The Morgan fingerprint density at radius 2 is 1.88 bits per heavy atom. The first-order valence-electron chi connectivity index (χ1n) is 7.01. The number of fused-ring (bicyclic) bond motifs is 1. The van der Waals surface area contributed by atoms with Gasteiger partial charge in [-0.2, -0.15) is 0 Å². The van der Waals surface area contributed by atoms with Crippen molar-refractivity contribution in [2.45, 2.75) is 31.3 Å². The summed E-state index contributed by atoms with van der Waals surface area (Å²) in [5.74, 6) is -2.89. The van der Waals surface area contributed by atoms with E-state index >= 15 is 0 Å². The van der Waals surface area contributed by atoms with Gasteiger partial charge in [-0.05, 0) is 0 Å². The third kappa shape index (κ3) is 3.67. The molecule has 1 heterocycles. The maximum atomic E-state index is 13.3. The Morgan fingerprint density at radius 1 is 1.25 bits per heavy atom. The van der Waals surface area contributed by atoms with Crippen LogP contribution in [-0.2, 0) is 4.79 Å². The van der Waals surface area contributed by atoms with E-state index in [9.17, 15) is 28.9 Å². The topological polar surface area (TPSA) is 139 Å². The fraction of sp³-hybridized carbons (Fsp3) is 0.429. The Morgan fingerprint density at radius 3 is 2.46 bits per heavy atom. The van der Waals surface area contributed by atoms with Crippen LogP contribution in [0.5, 0.6) is 0 Å². The monoisotopic (exact) mass is 345 g/mol. The Bertz CT molecular complexity index is 700. The zero-order valence-corrected chi connectivity index (χ0v) is 12.6. The largest absolute Gasteiger partial charge is 0.394 e. The number of benzene rings is 1. The van der Waals surface area contributed by atoms with Gasteiger partial charge in [-0.1, -0.05) is 0 Å². The predicted molar refractivity (Wildman–Crippen MR) is 77.7 cm³/mol. The van der Waals surface area contributed by atoms with Crippen molar-refractivity contribution >= 4 is 16.9 Å². The Balaban J connectivity index is 2.42. The molecule has 8 nitrogen and oxygen atoms in total. The molecule has 1 aromatic carbocycles. The standard InChI is InChI=1S/C14H17F2N3O5/c1-5(21)17-11(13(24)12(23)10(22)4-20)14-18-8-2-6(15)7(16)3-9(8)19-14/h2-3,10-13,20,22-24H,4H2,1H3,(H,17,21)(H,18,19)/t10-,11-,12-,13-/m1/s1. The Hall–Kier alpha value is -2.14. The van der Waals surface area contributed by atoms with E-state index in [4.69, 9.17) is 5.11 Å². The van der Waals surface area contributed by atoms with Gasteiger partial charge in [-0.15, -0.1) is 0 Å². The molecule has 6 N–H and O–H groups in total. The summed E-state index contributed by atoms with van der Waals surface area (Å²) in [4.78, 5) is 17.9. The predicted octanol–water partition coefficient (Wildman–Crippen LogP) is -0.907. The summed E-state index contributed by atoms with van der Waals surface area (Å²) in [7, 11) is 0. The van der Waals surface area contributed by atoms with Gasteiger partial charge in [0.25, 0.3) is 0 Å². The van der Waals surface area contributed by atoms with Crippen molar-refractivity contribution in [3.63, 3.8) is 0 Å². The normalized spacial score (nSPS) is 16.6. The third-order valence-corrected chi connectivity index (χ3v) is 3.47. The van der Waals surface area contributed by atoms with Crippen LogP contribution in [0.15, 0.2) is 12.1 Å². The minimum absolute atomic E-state index is 0.0450. The zero-order valence-electron chi connectivity index (χ0n) is 12.6. The number of carbonyl (C=O) groups is 1. The number of aliphatic hydroxyl groups is 4. The first-order chi connectivity index (χ1) is 11.2. The third-order valence-electron chi connectivity index (χ3n) is 3.47. The molecule has 4 atom stereocenters. The SMILES string of the molecule is CC(=O)N[C@@H](c1nc2cc(F)c(F)cc2[nH]1)[C@@H](O)[C@H](O)[C@H](O)CO. The smallest absolute Gasteiger partial charge is 0.217 e.